The van der Waals surface area contributed by atoms with Crippen LogP contribution in [0.1, 0.15) is 43.0 Å². The van der Waals surface area contributed by atoms with E-state index in [1.165, 1.54) is 0 Å². The zero-order valence-corrected chi connectivity index (χ0v) is 11.8. The van der Waals surface area contributed by atoms with Gasteiger partial charge in [0.05, 0.1) is 11.2 Å². The molecule has 1 aromatic carbocycles. The van der Waals surface area contributed by atoms with Crippen molar-refractivity contribution in [1.82, 2.24) is 0 Å². The maximum atomic E-state index is 13.8. The lowest BCUT2D eigenvalue weighted by molar-refractivity contribution is 0.00491. The molecule has 3 N–H and O–H groups in total. The normalized spacial score (nSPS) is 25.6. The minimum absolute atomic E-state index is 0.0416. The zero-order chi connectivity index (χ0) is 15.6. The van der Waals surface area contributed by atoms with Gasteiger partial charge in [0.25, 0.3) is 0 Å². The molecule has 0 amide bonds. The second kappa shape index (κ2) is 5.97. The molecule has 0 spiro atoms. The number of rotatable bonds is 4. The van der Waals surface area contributed by atoms with Gasteiger partial charge in [-0.15, -0.1) is 0 Å². The average molecular weight is 299 g/mol. The van der Waals surface area contributed by atoms with Crippen LogP contribution < -0.4 is 5.32 Å². The molecule has 1 saturated carbocycles. The summed E-state index contributed by atoms with van der Waals surface area (Å²) >= 11 is 0. The minimum atomic E-state index is -1.39. The van der Waals surface area contributed by atoms with Crippen LogP contribution in [0.3, 0.4) is 0 Å². The summed E-state index contributed by atoms with van der Waals surface area (Å²) in [7, 11) is 0. The van der Waals surface area contributed by atoms with Crippen molar-refractivity contribution in [3.05, 3.63) is 29.3 Å². The molecule has 1 aliphatic carbocycles. The molecule has 1 aliphatic rings. The van der Waals surface area contributed by atoms with Gasteiger partial charge in [0.15, 0.2) is 0 Å². The molecule has 21 heavy (non-hydrogen) atoms. The Morgan fingerprint density at radius 3 is 2.33 bits per heavy atom. The van der Waals surface area contributed by atoms with E-state index in [9.17, 15) is 18.7 Å². The Bertz CT molecular complexity index is 517. The number of nitrogens with one attached hydrogen (secondary N) is 1. The van der Waals surface area contributed by atoms with E-state index in [1.54, 1.807) is 0 Å². The molecule has 116 valence electrons. The summed E-state index contributed by atoms with van der Waals surface area (Å²) in [6.07, 6.45) is 2.91. The third-order valence-corrected chi connectivity index (χ3v) is 4.09. The predicted molar refractivity (Wildman–Crippen MR) is 74.4 cm³/mol. The number of anilines is 1. The van der Waals surface area contributed by atoms with E-state index in [0.717, 1.165) is 25.0 Å². The van der Waals surface area contributed by atoms with Gasteiger partial charge in [-0.25, -0.2) is 13.6 Å². The Morgan fingerprint density at radius 1 is 1.33 bits per heavy atom. The minimum Gasteiger partial charge on any atom is -0.478 e. The van der Waals surface area contributed by atoms with Crippen molar-refractivity contribution in [2.75, 3.05) is 11.9 Å². The Balaban J connectivity index is 2.08. The molecule has 4 nitrogen and oxygen atoms in total. The van der Waals surface area contributed by atoms with Crippen LogP contribution in [0.2, 0.25) is 0 Å². The first-order valence-electron chi connectivity index (χ1n) is 6.99. The monoisotopic (exact) mass is 299 g/mol. The van der Waals surface area contributed by atoms with E-state index in [0.29, 0.717) is 18.8 Å². The first-order chi connectivity index (χ1) is 9.81. The molecule has 1 fully saturated rings. The molecule has 0 heterocycles. The van der Waals surface area contributed by atoms with Crippen LogP contribution >= 0.6 is 0 Å². The van der Waals surface area contributed by atoms with Crippen LogP contribution in [0.15, 0.2) is 12.1 Å². The molecule has 1 aromatic rings. The van der Waals surface area contributed by atoms with Gasteiger partial charge in [0.2, 0.25) is 0 Å². The molecule has 0 saturated heterocycles. The number of aromatic carboxylic acids is 1. The van der Waals surface area contributed by atoms with E-state index in [-0.39, 0.29) is 6.54 Å². The molecule has 0 aliphatic heterocycles. The second-order valence-corrected chi connectivity index (χ2v) is 5.88. The molecular weight excluding hydrogens is 280 g/mol. The first-order valence-corrected chi connectivity index (χ1v) is 6.99. The predicted octanol–water partition coefficient (Wildman–Crippen LogP) is 3.02. The Labute approximate surface area is 121 Å². The maximum absolute atomic E-state index is 13.8. The highest BCUT2D eigenvalue weighted by Crippen LogP contribution is 2.32. The molecular formula is C15H19F2NO3. The van der Waals surface area contributed by atoms with Crippen molar-refractivity contribution in [2.45, 2.75) is 38.2 Å². The van der Waals surface area contributed by atoms with Gasteiger partial charge >= 0.3 is 5.97 Å². The highest BCUT2D eigenvalue weighted by molar-refractivity contribution is 5.88. The number of benzene rings is 1. The van der Waals surface area contributed by atoms with Crippen molar-refractivity contribution < 1.29 is 23.8 Å². The molecule has 0 bridgehead atoms. The van der Waals surface area contributed by atoms with Gasteiger partial charge in [-0.1, -0.05) is 6.92 Å². The van der Waals surface area contributed by atoms with E-state index >= 15 is 0 Å². The van der Waals surface area contributed by atoms with Crippen LogP contribution in [0.25, 0.3) is 0 Å². The number of hydrogen-bond donors (Lipinski definition) is 3. The zero-order valence-electron chi connectivity index (χ0n) is 11.8. The molecule has 0 radical (unpaired) electrons. The van der Waals surface area contributed by atoms with E-state index < -0.39 is 34.5 Å². The SMILES string of the molecule is CC1CCC(O)(CNc2c(F)cc(C(=O)O)cc2F)CC1. The van der Waals surface area contributed by atoms with Crippen molar-refractivity contribution >= 4 is 11.7 Å². The number of carboxylic acid groups (broad SMARTS) is 1. The van der Waals surface area contributed by atoms with Crippen molar-refractivity contribution in [3.8, 4) is 0 Å². The van der Waals surface area contributed by atoms with Gasteiger partial charge < -0.3 is 15.5 Å². The molecule has 0 atom stereocenters. The highest BCUT2D eigenvalue weighted by atomic mass is 19.1. The van der Waals surface area contributed by atoms with Crippen LogP contribution in [0.4, 0.5) is 14.5 Å². The second-order valence-electron chi connectivity index (χ2n) is 5.88. The smallest absolute Gasteiger partial charge is 0.335 e. The van der Waals surface area contributed by atoms with Gasteiger partial charge in [-0.2, -0.15) is 0 Å². The summed E-state index contributed by atoms with van der Waals surface area (Å²) < 4.78 is 27.5. The van der Waals surface area contributed by atoms with Gasteiger partial charge in [-0.05, 0) is 43.7 Å². The number of aliphatic hydroxyl groups is 1. The number of carbonyl (C=O) groups is 1. The molecule has 6 heteroatoms. The fraction of sp³-hybridized carbons (Fsp3) is 0.533. The maximum Gasteiger partial charge on any atom is 0.335 e. The van der Waals surface area contributed by atoms with E-state index in [2.05, 4.69) is 12.2 Å². The standard InChI is InChI=1S/C15H19F2NO3/c1-9-2-4-15(21,5-3-9)8-18-13-11(16)6-10(14(19)20)7-12(13)17/h6-7,9,18,21H,2-5,8H2,1H3,(H,19,20). The number of hydrogen-bond acceptors (Lipinski definition) is 3. The topological polar surface area (TPSA) is 69.6 Å². The van der Waals surface area contributed by atoms with Crippen molar-refractivity contribution in [2.24, 2.45) is 5.92 Å². The van der Waals surface area contributed by atoms with Crippen molar-refractivity contribution in [1.29, 1.82) is 0 Å². The van der Waals surface area contributed by atoms with Crippen LogP contribution in [0, 0.1) is 17.6 Å². The lowest BCUT2D eigenvalue weighted by Crippen LogP contribution is -2.40. The lowest BCUT2D eigenvalue weighted by Gasteiger charge is -2.35. The summed E-state index contributed by atoms with van der Waals surface area (Å²) in [5.41, 5.74) is -1.82. The average Bonchev–Trinajstić information content (AvgIpc) is 2.41. The highest BCUT2D eigenvalue weighted by Gasteiger charge is 2.32. The molecule has 2 rings (SSSR count). The Morgan fingerprint density at radius 2 is 1.86 bits per heavy atom. The fourth-order valence-corrected chi connectivity index (χ4v) is 2.59. The summed E-state index contributed by atoms with van der Waals surface area (Å²) in [5.74, 6) is -2.78. The summed E-state index contributed by atoms with van der Waals surface area (Å²) in [6.45, 7) is 2.15. The largest absolute Gasteiger partial charge is 0.478 e. The number of carboxylic acids is 1. The quantitative estimate of drug-likeness (QED) is 0.799. The van der Waals surface area contributed by atoms with Gasteiger partial charge in [-0.3, -0.25) is 0 Å². The fourth-order valence-electron chi connectivity index (χ4n) is 2.59. The summed E-state index contributed by atoms with van der Waals surface area (Å²) in [4.78, 5) is 10.7. The third-order valence-electron chi connectivity index (χ3n) is 4.09. The van der Waals surface area contributed by atoms with Crippen LogP contribution in [0.5, 0.6) is 0 Å². The lowest BCUT2D eigenvalue weighted by atomic mass is 9.79. The Kier molecular flexibility index (Phi) is 4.46. The third kappa shape index (κ3) is 3.69. The van der Waals surface area contributed by atoms with E-state index in [4.69, 9.17) is 5.11 Å². The van der Waals surface area contributed by atoms with Gasteiger partial charge in [0.1, 0.15) is 17.3 Å². The van der Waals surface area contributed by atoms with Gasteiger partial charge in [0, 0.05) is 6.54 Å². The van der Waals surface area contributed by atoms with Crippen molar-refractivity contribution in [3.63, 3.8) is 0 Å². The van der Waals surface area contributed by atoms with E-state index in [1.807, 2.05) is 0 Å². The molecule has 0 aromatic heterocycles. The van der Waals surface area contributed by atoms with Crippen LogP contribution in [-0.4, -0.2) is 28.3 Å². The van der Waals surface area contributed by atoms with Crippen LogP contribution in [-0.2, 0) is 0 Å². The molecule has 0 unspecified atom stereocenters. The summed E-state index contributed by atoms with van der Waals surface area (Å²) in [5, 5.41) is 21.7. The summed E-state index contributed by atoms with van der Waals surface area (Å²) in [6, 6.07) is 1.53. The Hall–Kier alpha value is -1.69. The number of halogens is 2. The first kappa shape index (κ1) is 15.7.